The molecule has 0 aliphatic carbocycles. The van der Waals surface area contributed by atoms with Gasteiger partial charge in [0, 0.05) is 25.9 Å². The molecule has 0 radical (unpaired) electrons. The molecular formula is C24H29N3O5. The van der Waals surface area contributed by atoms with E-state index < -0.39 is 0 Å². The van der Waals surface area contributed by atoms with Gasteiger partial charge in [-0.2, -0.15) is 0 Å². The van der Waals surface area contributed by atoms with Gasteiger partial charge >= 0.3 is 0 Å². The maximum Gasteiger partial charge on any atom is 0.242 e. The Bertz CT molecular complexity index is 917. The number of pyridine rings is 1. The Morgan fingerprint density at radius 1 is 1.22 bits per heavy atom. The van der Waals surface area contributed by atoms with E-state index in [0.717, 1.165) is 17.0 Å². The highest BCUT2D eigenvalue weighted by Gasteiger charge is 2.35. The summed E-state index contributed by atoms with van der Waals surface area (Å²) in [4.78, 5) is 33.8. The lowest BCUT2D eigenvalue weighted by atomic mass is 10.1. The van der Waals surface area contributed by atoms with Crippen LogP contribution in [0.1, 0.15) is 17.7 Å². The number of benzene rings is 1. The molecule has 2 fully saturated rings. The van der Waals surface area contributed by atoms with Crippen molar-refractivity contribution in [2.45, 2.75) is 25.7 Å². The molecule has 2 saturated heterocycles. The number of amides is 2. The second-order valence-electron chi connectivity index (χ2n) is 8.16. The standard InChI is InChI=1S/C24H29N3O5/c1-30-21-7-4-5-18(11-21)16-32-22-13-26(12-20-6-2-3-9-25-20)23(28)15-27(14-22)24(29)19-8-10-31-17-19/h2-7,9,11,19,22H,8,10,12-17H2,1H3/t19-,22+/m1/s1. The zero-order chi connectivity index (χ0) is 22.3. The van der Waals surface area contributed by atoms with Crippen LogP contribution in [0.2, 0.25) is 0 Å². The summed E-state index contributed by atoms with van der Waals surface area (Å²) in [5.41, 5.74) is 1.77. The van der Waals surface area contributed by atoms with Crippen LogP contribution in [0.5, 0.6) is 5.75 Å². The third-order valence-electron chi connectivity index (χ3n) is 5.82. The number of carbonyl (C=O) groups excluding carboxylic acids is 2. The topological polar surface area (TPSA) is 81.2 Å². The number of nitrogens with zero attached hydrogens (tertiary/aromatic N) is 3. The van der Waals surface area contributed by atoms with Crippen LogP contribution in [0.25, 0.3) is 0 Å². The van der Waals surface area contributed by atoms with Gasteiger partial charge < -0.3 is 24.0 Å². The average Bonchev–Trinajstić information content (AvgIpc) is 3.31. The van der Waals surface area contributed by atoms with E-state index in [1.165, 1.54) is 0 Å². The summed E-state index contributed by atoms with van der Waals surface area (Å²) < 4.78 is 16.9. The summed E-state index contributed by atoms with van der Waals surface area (Å²) >= 11 is 0. The summed E-state index contributed by atoms with van der Waals surface area (Å²) in [6.07, 6.45) is 2.09. The van der Waals surface area contributed by atoms with Crippen molar-refractivity contribution in [1.29, 1.82) is 0 Å². The summed E-state index contributed by atoms with van der Waals surface area (Å²) in [6.45, 7) is 2.54. The van der Waals surface area contributed by atoms with Crippen LogP contribution < -0.4 is 4.74 Å². The molecule has 170 valence electrons. The zero-order valence-electron chi connectivity index (χ0n) is 18.3. The molecule has 1 aromatic carbocycles. The highest BCUT2D eigenvalue weighted by molar-refractivity contribution is 5.86. The Kier molecular flexibility index (Phi) is 7.34. The van der Waals surface area contributed by atoms with Crippen LogP contribution in [0, 0.1) is 5.92 Å². The number of hydrogen-bond acceptors (Lipinski definition) is 6. The minimum absolute atomic E-state index is 0.0366. The van der Waals surface area contributed by atoms with Crippen LogP contribution in [0.3, 0.4) is 0 Å². The van der Waals surface area contributed by atoms with Crippen LogP contribution >= 0.6 is 0 Å². The van der Waals surface area contributed by atoms with Gasteiger partial charge in [-0.25, -0.2) is 0 Å². The molecule has 32 heavy (non-hydrogen) atoms. The fourth-order valence-electron chi connectivity index (χ4n) is 4.06. The average molecular weight is 440 g/mol. The first-order chi connectivity index (χ1) is 15.6. The zero-order valence-corrected chi connectivity index (χ0v) is 18.3. The minimum atomic E-state index is -0.317. The molecule has 0 N–H and O–H groups in total. The van der Waals surface area contributed by atoms with E-state index in [2.05, 4.69) is 4.98 Å². The first-order valence-corrected chi connectivity index (χ1v) is 10.9. The molecule has 4 rings (SSSR count). The predicted octanol–water partition coefficient (Wildman–Crippen LogP) is 1.88. The Morgan fingerprint density at radius 3 is 2.88 bits per heavy atom. The van der Waals surface area contributed by atoms with Gasteiger partial charge in [0.2, 0.25) is 11.8 Å². The van der Waals surface area contributed by atoms with E-state index in [1.807, 2.05) is 42.5 Å². The van der Waals surface area contributed by atoms with Gasteiger partial charge in [0.25, 0.3) is 0 Å². The molecule has 0 unspecified atom stereocenters. The predicted molar refractivity (Wildman–Crippen MR) is 117 cm³/mol. The second kappa shape index (κ2) is 10.6. The smallest absolute Gasteiger partial charge is 0.242 e. The molecule has 0 bridgehead atoms. The minimum Gasteiger partial charge on any atom is -0.497 e. The molecule has 1 aromatic heterocycles. The normalized spacial score (nSPS) is 21.5. The quantitative estimate of drug-likeness (QED) is 0.655. The maximum atomic E-state index is 13.1. The van der Waals surface area contributed by atoms with E-state index >= 15 is 0 Å². The lowest BCUT2D eigenvalue weighted by Crippen LogP contribution is -2.43. The lowest BCUT2D eigenvalue weighted by molar-refractivity contribution is -0.141. The molecule has 0 saturated carbocycles. The van der Waals surface area contributed by atoms with E-state index in [1.54, 1.807) is 23.1 Å². The van der Waals surface area contributed by atoms with Gasteiger partial charge in [0.05, 0.1) is 51.1 Å². The van der Waals surface area contributed by atoms with Crippen LogP contribution in [0.4, 0.5) is 0 Å². The molecule has 2 aliphatic rings. The summed E-state index contributed by atoms with van der Waals surface area (Å²) in [5, 5.41) is 0. The Hall–Kier alpha value is -2.97. The number of carbonyl (C=O) groups is 2. The van der Waals surface area contributed by atoms with Crippen molar-refractivity contribution in [3.05, 3.63) is 59.9 Å². The van der Waals surface area contributed by atoms with Crippen molar-refractivity contribution < 1.29 is 23.8 Å². The second-order valence-corrected chi connectivity index (χ2v) is 8.16. The Morgan fingerprint density at radius 2 is 2.12 bits per heavy atom. The third-order valence-corrected chi connectivity index (χ3v) is 5.82. The van der Waals surface area contributed by atoms with Gasteiger partial charge in [-0.3, -0.25) is 14.6 Å². The Balaban J connectivity index is 1.49. The fraction of sp³-hybridized carbons (Fsp3) is 0.458. The molecule has 8 nitrogen and oxygen atoms in total. The van der Waals surface area contributed by atoms with Gasteiger partial charge in [0.15, 0.2) is 0 Å². The van der Waals surface area contributed by atoms with Gasteiger partial charge in [-0.1, -0.05) is 18.2 Å². The van der Waals surface area contributed by atoms with Crippen molar-refractivity contribution in [3.8, 4) is 5.75 Å². The number of hydrogen-bond donors (Lipinski definition) is 0. The van der Waals surface area contributed by atoms with Crippen LogP contribution in [-0.2, 0) is 32.2 Å². The van der Waals surface area contributed by atoms with Gasteiger partial charge in [-0.15, -0.1) is 0 Å². The molecule has 0 spiro atoms. The molecule has 3 heterocycles. The maximum absolute atomic E-state index is 13.1. The first kappa shape index (κ1) is 22.2. The monoisotopic (exact) mass is 439 g/mol. The highest BCUT2D eigenvalue weighted by Crippen LogP contribution is 2.20. The van der Waals surface area contributed by atoms with Crippen LogP contribution in [-0.4, -0.2) is 72.7 Å². The largest absolute Gasteiger partial charge is 0.497 e. The Labute approximate surface area is 188 Å². The number of aromatic nitrogens is 1. The summed E-state index contributed by atoms with van der Waals surface area (Å²) in [6, 6.07) is 13.3. The summed E-state index contributed by atoms with van der Waals surface area (Å²) in [7, 11) is 1.63. The van der Waals surface area contributed by atoms with Crippen molar-refractivity contribution in [2.75, 3.05) is 40.0 Å². The van der Waals surface area contributed by atoms with Crippen molar-refractivity contribution in [3.63, 3.8) is 0 Å². The van der Waals surface area contributed by atoms with Crippen molar-refractivity contribution >= 4 is 11.8 Å². The van der Waals surface area contributed by atoms with Crippen LogP contribution in [0.15, 0.2) is 48.7 Å². The molecule has 2 aromatic rings. The fourth-order valence-corrected chi connectivity index (χ4v) is 4.06. The van der Waals surface area contributed by atoms with Crippen molar-refractivity contribution in [2.24, 2.45) is 5.92 Å². The van der Waals surface area contributed by atoms with E-state index in [9.17, 15) is 9.59 Å². The molecule has 2 atom stereocenters. The summed E-state index contributed by atoms with van der Waals surface area (Å²) in [5.74, 6) is 0.432. The van der Waals surface area contributed by atoms with E-state index in [0.29, 0.717) is 45.9 Å². The van der Waals surface area contributed by atoms with Gasteiger partial charge in [0.1, 0.15) is 5.75 Å². The van der Waals surface area contributed by atoms with E-state index in [4.69, 9.17) is 14.2 Å². The first-order valence-electron chi connectivity index (χ1n) is 10.9. The molecule has 2 amide bonds. The highest BCUT2D eigenvalue weighted by atomic mass is 16.5. The third kappa shape index (κ3) is 5.63. The lowest BCUT2D eigenvalue weighted by Gasteiger charge is -2.26. The molecule has 8 heteroatoms. The number of ether oxygens (including phenoxy) is 3. The van der Waals surface area contributed by atoms with Crippen molar-refractivity contribution in [1.82, 2.24) is 14.8 Å². The molecular weight excluding hydrogens is 410 g/mol. The SMILES string of the molecule is COc1cccc(CO[C@H]2CN(Cc3ccccn3)C(=O)CN(C(=O)[C@@H]3CCOC3)C2)c1. The van der Waals surface area contributed by atoms with E-state index in [-0.39, 0.29) is 30.4 Å². The molecule has 2 aliphatic heterocycles. The number of methoxy groups -OCH3 is 1. The number of rotatable bonds is 7. The van der Waals surface area contributed by atoms with Gasteiger partial charge in [-0.05, 0) is 36.2 Å².